The van der Waals surface area contributed by atoms with E-state index < -0.39 is 12.0 Å². The zero-order valence-corrected chi connectivity index (χ0v) is 16.5. The summed E-state index contributed by atoms with van der Waals surface area (Å²) in [5.74, 6) is -0.188. The van der Waals surface area contributed by atoms with Gasteiger partial charge in [0.1, 0.15) is 11.6 Å². The molecule has 3 nitrogen and oxygen atoms in total. The first-order valence-corrected chi connectivity index (χ1v) is 10.1. The molecule has 2 fully saturated rings. The van der Waals surface area contributed by atoms with Crippen molar-refractivity contribution in [1.82, 2.24) is 0 Å². The molecule has 1 saturated carbocycles. The van der Waals surface area contributed by atoms with E-state index in [0.717, 1.165) is 53.9 Å². The predicted octanol–water partition coefficient (Wildman–Crippen LogP) is 4.57. The van der Waals surface area contributed by atoms with Crippen LogP contribution in [0, 0.1) is 31.5 Å². The van der Waals surface area contributed by atoms with E-state index in [-0.39, 0.29) is 17.5 Å². The average Bonchev–Trinajstić information content (AvgIpc) is 3.25. The third-order valence-corrected chi connectivity index (χ3v) is 6.34. The molecule has 148 valence electrons. The molecule has 0 aromatic heterocycles. The summed E-state index contributed by atoms with van der Waals surface area (Å²) in [5.41, 5.74) is 4.89. The maximum Gasteiger partial charge on any atom is 0.146 e. The van der Waals surface area contributed by atoms with Crippen LogP contribution in [-0.2, 0) is 9.53 Å². The molecule has 1 aliphatic heterocycles. The summed E-state index contributed by atoms with van der Waals surface area (Å²) in [6.45, 7) is 5.50. The lowest BCUT2D eigenvalue weighted by molar-refractivity contribution is -0.122. The van der Waals surface area contributed by atoms with Crippen LogP contribution in [0.3, 0.4) is 0 Å². The lowest BCUT2D eigenvalue weighted by atomic mass is 9.84. The number of carbonyl (C=O) groups excluding carboxylic acids is 1. The van der Waals surface area contributed by atoms with Crippen molar-refractivity contribution in [3.8, 4) is 11.1 Å². The minimum Gasteiger partial charge on any atom is -0.392 e. The molecule has 0 spiro atoms. The molecule has 4 heteroatoms. The van der Waals surface area contributed by atoms with Gasteiger partial charge in [-0.25, -0.2) is 4.39 Å². The van der Waals surface area contributed by atoms with Crippen molar-refractivity contribution in [1.29, 1.82) is 0 Å². The normalized spacial score (nSPS) is 27.5. The van der Waals surface area contributed by atoms with Gasteiger partial charge in [0.05, 0.1) is 12.0 Å². The molecule has 0 amide bonds. The Bertz CT molecular complexity index is 845. The third kappa shape index (κ3) is 3.63. The van der Waals surface area contributed by atoms with E-state index in [9.17, 15) is 14.3 Å². The van der Waals surface area contributed by atoms with Crippen LogP contribution in [-0.4, -0.2) is 30.2 Å². The van der Waals surface area contributed by atoms with Crippen LogP contribution in [0.2, 0.25) is 0 Å². The SMILES string of the molecule is Cc1cc(-c2ccc(F)cc2)cc(C)c1C1C(=O)C(CC2CCOC2)CC1O. The second kappa shape index (κ2) is 7.76. The second-order valence-electron chi connectivity index (χ2n) is 8.38. The van der Waals surface area contributed by atoms with Gasteiger partial charge in [-0.15, -0.1) is 0 Å². The maximum absolute atomic E-state index is 13.2. The molecule has 0 radical (unpaired) electrons. The van der Waals surface area contributed by atoms with Gasteiger partial charge in [0.15, 0.2) is 0 Å². The van der Waals surface area contributed by atoms with E-state index in [0.29, 0.717) is 12.3 Å². The molecule has 4 rings (SSSR count). The Balaban J connectivity index is 1.61. The Kier molecular flexibility index (Phi) is 5.35. The number of aryl methyl sites for hydroxylation is 2. The van der Waals surface area contributed by atoms with Gasteiger partial charge in [-0.2, -0.15) is 0 Å². The number of hydrogen-bond acceptors (Lipinski definition) is 3. The number of ketones is 1. The zero-order chi connectivity index (χ0) is 19.8. The number of halogens is 1. The summed E-state index contributed by atoms with van der Waals surface area (Å²) in [6.07, 6.45) is 1.74. The van der Waals surface area contributed by atoms with E-state index in [1.807, 2.05) is 26.0 Å². The number of Topliss-reactive ketones (excluding diaryl/α,β-unsaturated/α-hetero) is 1. The molecular formula is C24H27FO3. The maximum atomic E-state index is 13.2. The van der Waals surface area contributed by atoms with Gasteiger partial charge in [0.2, 0.25) is 0 Å². The minimum atomic E-state index is -0.631. The van der Waals surface area contributed by atoms with Crippen molar-refractivity contribution in [2.75, 3.05) is 13.2 Å². The Labute approximate surface area is 165 Å². The van der Waals surface area contributed by atoms with E-state index >= 15 is 0 Å². The van der Waals surface area contributed by atoms with E-state index in [4.69, 9.17) is 4.74 Å². The number of benzene rings is 2. The fourth-order valence-electron chi connectivity index (χ4n) is 4.98. The van der Waals surface area contributed by atoms with Crippen LogP contribution < -0.4 is 0 Å². The molecule has 2 aromatic rings. The quantitative estimate of drug-likeness (QED) is 0.843. The summed E-state index contributed by atoms with van der Waals surface area (Å²) in [5, 5.41) is 10.7. The third-order valence-electron chi connectivity index (χ3n) is 6.34. The summed E-state index contributed by atoms with van der Waals surface area (Å²) in [6, 6.07) is 10.5. The Hall–Kier alpha value is -2.04. The molecule has 28 heavy (non-hydrogen) atoms. The van der Waals surface area contributed by atoms with Crippen LogP contribution >= 0.6 is 0 Å². The summed E-state index contributed by atoms with van der Waals surface area (Å²) in [4.78, 5) is 13.2. The predicted molar refractivity (Wildman–Crippen MR) is 107 cm³/mol. The Morgan fingerprint density at radius 1 is 1.11 bits per heavy atom. The first kappa shape index (κ1) is 19.3. The zero-order valence-electron chi connectivity index (χ0n) is 16.5. The molecule has 2 aromatic carbocycles. The number of rotatable bonds is 4. The van der Waals surface area contributed by atoms with E-state index in [1.54, 1.807) is 12.1 Å². The van der Waals surface area contributed by atoms with Crippen LogP contribution in [0.15, 0.2) is 36.4 Å². The molecular weight excluding hydrogens is 355 g/mol. The standard InChI is InChI=1S/C24H27FO3/c1-14-9-18(17-3-5-20(25)6-4-17)10-15(2)22(14)23-21(26)12-19(24(23)27)11-16-7-8-28-13-16/h3-6,9-10,16,19,21,23,26H,7-8,11-13H2,1-2H3. The number of hydrogen-bond donors (Lipinski definition) is 1. The van der Waals surface area contributed by atoms with E-state index in [1.165, 1.54) is 12.1 Å². The summed E-state index contributed by atoms with van der Waals surface area (Å²) < 4.78 is 18.7. The lowest BCUT2D eigenvalue weighted by Gasteiger charge is -2.20. The van der Waals surface area contributed by atoms with Crippen LogP contribution in [0.1, 0.15) is 41.9 Å². The number of carbonyl (C=O) groups is 1. The second-order valence-corrected chi connectivity index (χ2v) is 8.38. The first-order chi connectivity index (χ1) is 13.4. The largest absolute Gasteiger partial charge is 0.392 e. The van der Waals surface area contributed by atoms with Crippen molar-refractivity contribution in [2.45, 2.75) is 45.1 Å². The topological polar surface area (TPSA) is 46.5 Å². The van der Waals surface area contributed by atoms with Gasteiger partial charge in [-0.1, -0.05) is 24.3 Å². The highest BCUT2D eigenvalue weighted by Gasteiger charge is 2.44. The van der Waals surface area contributed by atoms with Crippen molar-refractivity contribution >= 4 is 5.78 Å². The van der Waals surface area contributed by atoms with Gasteiger partial charge in [0.25, 0.3) is 0 Å². The number of aliphatic hydroxyl groups is 1. The molecule has 4 atom stereocenters. The monoisotopic (exact) mass is 382 g/mol. The van der Waals surface area contributed by atoms with Crippen molar-refractivity contribution < 1.29 is 19.0 Å². The fourth-order valence-corrected chi connectivity index (χ4v) is 4.98. The molecule has 1 aliphatic carbocycles. The van der Waals surface area contributed by atoms with Crippen molar-refractivity contribution in [3.63, 3.8) is 0 Å². The molecule has 0 bridgehead atoms. The van der Waals surface area contributed by atoms with Crippen LogP contribution in [0.5, 0.6) is 0 Å². The van der Waals surface area contributed by atoms with Gasteiger partial charge < -0.3 is 9.84 Å². The van der Waals surface area contributed by atoms with Crippen LogP contribution in [0.25, 0.3) is 11.1 Å². The Morgan fingerprint density at radius 2 is 1.79 bits per heavy atom. The molecule has 1 saturated heterocycles. The average molecular weight is 382 g/mol. The summed E-state index contributed by atoms with van der Waals surface area (Å²) >= 11 is 0. The first-order valence-electron chi connectivity index (χ1n) is 10.1. The lowest BCUT2D eigenvalue weighted by Crippen LogP contribution is -2.21. The van der Waals surface area contributed by atoms with Crippen molar-refractivity contribution in [3.05, 3.63) is 58.9 Å². The van der Waals surface area contributed by atoms with Gasteiger partial charge >= 0.3 is 0 Å². The number of ether oxygens (including phenoxy) is 1. The van der Waals surface area contributed by atoms with Gasteiger partial charge in [-0.3, -0.25) is 4.79 Å². The molecule has 1 heterocycles. The highest BCUT2D eigenvalue weighted by Crippen LogP contribution is 2.42. The fraction of sp³-hybridized carbons (Fsp3) is 0.458. The highest BCUT2D eigenvalue weighted by atomic mass is 19.1. The van der Waals surface area contributed by atoms with E-state index in [2.05, 4.69) is 0 Å². The smallest absolute Gasteiger partial charge is 0.146 e. The molecule has 2 aliphatic rings. The number of aliphatic hydroxyl groups excluding tert-OH is 1. The van der Waals surface area contributed by atoms with Crippen LogP contribution in [0.4, 0.5) is 4.39 Å². The minimum absolute atomic E-state index is 0.0812. The molecule has 4 unspecified atom stereocenters. The molecule has 1 N–H and O–H groups in total. The van der Waals surface area contributed by atoms with Crippen molar-refractivity contribution in [2.24, 2.45) is 11.8 Å². The van der Waals surface area contributed by atoms with Gasteiger partial charge in [-0.05, 0) is 79.0 Å². The van der Waals surface area contributed by atoms with Gasteiger partial charge in [0, 0.05) is 19.1 Å². The highest BCUT2D eigenvalue weighted by molar-refractivity contribution is 5.91. The summed E-state index contributed by atoms with van der Waals surface area (Å²) in [7, 11) is 0. The Morgan fingerprint density at radius 3 is 2.39 bits per heavy atom.